The second-order valence-corrected chi connectivity index (χ2v) is 2.11. The fourth-order valence-corrected chi connectivity index (χ4v) is 0.762. The maximum Gasteiger partial charge on any atom is 0.133 e. The molecule has 0 saturated carbocycles. The molecule has 0 saturated heterocycles. The van der Waals surface area contributed by atoms with E-state index >= 15 is 0 Å². The number of hydrogen-bond acceptors (Lipinski definition) is 2. The molecule has 0 unspecified atom stereocenters. The molecule has 55 valence electrons. The summed E-state index contributed by atoms with van der Waals surface area (Å²) in [7, 11) is 0. The van der Waals surface area contributed by atoms with E-state index in [4.69, 9.17) is 10.4 Å². The first-order valence-corrected chi connectivity index (χ1v) is 3.08. The van der Waals surface area contributed by atoms with Crippen LogP contribution in [-0.4, -0.2) is 5.11 Å². The molecule has 1 rings (SSSR count). The van der Waals surface area contributed by atoms with Crippen molar-refractivity contribution in [3.05, 3.63) is 29.3 Å². The number of phenolic OH excluding ortho intramolecular Hbond substituents is 1. The van der Waals surface area contributed by atoms with Crippen LogP contribution in [0.1, 0.15) is 11.1 Å². The molecule has 1 aromatic carbocycles. The Morgan fingerprint density at radius 1 is 1.55 bits per heavy atom. The summed E-state index contributed by atoms with van der Waals surface area (Å²) in [6.07, 6.45) is 0. The Balaban J connectivity index is 3.12. The van der Waals surface area contributed by atoms with Gasteiger partial charge < -0.3 is 5.11 Å². The van der Waals surface area contributed by atoms with Gasteiger partial charge in [-0.2, -0.15) is 5.26 Å². The molecule has 0 bridgehead atoms. The van der Waals surface area contributed by atoms with Crippen LogP contribution < -0.4 is 0 Å². The second-order valence-electron chi connectivity index (χ2n) is 2.11. The predicted octanol–water partition coefficient (Wildman–Crippen LogP) is 1.19. The van der Waals surface area contributed by atoms with Crippen molar-refractivity contribution in [2.24, 2.45) is 0 Å². The molecule has 3 nitrogen and oxygen atoms in total. The first-order valence-electron chi connectivity index (χ1n) is 3.08. The van der Waals surface area contributed by atoms with E-state index in [1.807, 2.05) is 0 Å². The molecule has 0 fully saturated rings. The molecule has 0 aromatic heterocycles. The highest BCUT2D eigenvalue weighted by molar-refractivity contribution is 5.43. The zero-order valence-electron chi connectivity index (χ0n) is 5.74. The molecular formula is C8H6NO2. The number of aromatic hydroxyl groups is 1. The van der Waals surface area contributed by atoms with Crippen molar-refractivity contribution >= 4 is 0 Å². The lowest BCUT2D eigenvalue weighted by atomic mass is 10.1. The zero-order valence-corrected chi connectivity index (χ0v) is 5.74. The summed E-state index contributed by atoms with van der Waals surface area (Å²) in [5, 5.41) is 27.7. The summed E-state index contributed by atoms with van der Waals surface area (Å²) < 4.78 is 0. The minimum absolute atomic E-state index is 0.124. The van der Waals surface area contributed by atoms with E-state index in [-0.39, 0.29) is 17.9 Å². The van der Waals surface area contributed by atoms with Gasteiger partial charge in [-0.15, -0.1) is 0 Å². The summed E-state index contributed by atoms with van der Waals surface area (Å²) in [5.74, 6) is -0.124. The molecule has 0 atom stereocenters. The molecular weight excluding hydrogens is 142 g/mol. The Morgan fingerprint density at radius 3 is 2.73 bits per heavy atom. The van der Waals surface area contributed by atoms with Crippen molar-refractivity contribution in [3.63, 3.8) is 0 Å². The van der Waals surface area contributed by atoms with E-state index in [9.17, 15) is 5.11 Å². The predicted molar refractivity (Wildman–Crippen MR) is 37.2 cm³/mol. The highest BCUT2D eigenvalue weighted by Gasteiger charge is 1.99. The zero-order chi connectivity index (χ0) is 8.27. The number of benzene rings is 1. The van der Waals surface area contributed by atoms with Crippen molar-refractivity contribution in [3.8, 4) is 11.8 Å². The number of rotatable bonds is 1. The van der Waals surface area contributed by atoms with Gasteiger partial charge in [0.05, 0.1) is 5.56 Å². The Hall–Kier alpha value is -1.53. The Kier molecular flexibility index (Phi) is 2.09. The summed E-state index contributed by atoms with van der Waals surface area (Å²) in [6, 6.07) is 6.07. The lowest BCUT2D eigenvalue weighted by molar-refractivity contribution is 0.177. The van der Waals surface area contributed by atoms with Gasteiger partial charge in [-0.1, -0.05) is 6.07 Å². The molecule has 3 heteroatoms. The summed E-state index contributed by atoms with van der Waals surface area (Å²) in [4.78, 5) is 0. The molecule has 1 N–H and O–H groups in total. The minimum Gasteiger partial charge on any atom is -0.507 e. The third kappa shape index (κ3) is 1.48. The van der Waals surface area contributed by atoms with E-state index in [0.717, 1.165) is 0 Å². The lowest BCUT2D eigenvalue weighted by Gasteiger charge is -1.96. The molecule has 0 aliphatic carbocycles. The third-order valence-electron chi connectivity index (χ3n) is 1.35. The standard InChI is InChI=1S/C8H6NO2/c9-4-7-2-1-6(5-10)3-8(7)11/h1-3,11H,5H2. The average Bonchev–Trinajstić information content (AvgIpc) is 2.04. The van der Waals surface area contributed by atoms with Gasteiger partial charge in [0.2, 0.25) is 0 Å². The summed E-state index contributed by atoms with van der Waals surface area (Å²) in [6.45, 7) is -0.376. The average molecular weight is 148 g/mol. The molecule has 11 heavy (non-hydrogen) atoms. The maximum absolute atomic E-state index is 10.3. The van der Waals surface area contributed by atoms with Crippen LogP contribution in [0.15, 0.2) is 18.2 Å². The highest BCUT2D eigenvalue weighted by Crippen LogP contribution is 2.17. The first kappa shape index (κ1) is 7.58. The van der Waals surface area contributed by atoms with Crippen LogP contribution in [0.4, 0.5) is 0 Å². The van der Waals surface area contributed by atoms with Crippen LogP contribution in [0.2, 0.25) is 0 Å². The quantitative estimate of drug-likeness (QED) is 0.650. The van der Waals surface area contributed by atoms with Crippen LogP contribution in [0.5, 0.6) is 5.75 Å². The fourth-order valence-electron chi connectivity index (χ4n) is 0.762. The van der Waals surface area contributed by atoms with Gasteiger partial charge in [-0.25, -0.2) is 5.11 Å². The van der Waals surface area contributed by atoms with Crippen LogP contribution in [-0.2, 0) is 11.7 Å². The fraction of sp³-hybridized carbons (Fsp3) is 0.125. The van der Waals surface area contributed by atoms with Gasteiger partial charge in [0.25, 0.3) is 0 Å². The normalized spacial score (nSPS) is 9.09. The number of nitrogens with zero attached hydrogens (tertiary/aromatic N) is 1. The largest absolute Gasteiger partial charge is 0.507 e. The van der Waals surface area contributed by atoms with E-state index in [2.05, 4.69) is 0 Å². The minimum atomic E-state index is -0.376. The third-order valence-corrected chi connectivity index (χ3v) is 1.35. The summed E-state index contributed by atoms with van der Waals surface area (Å²) >= 11 is 0. The number of hydrogen-bond donors (Lipinski definition) is 1. The van der Waals surface area contributed by atoms with Crippen molar-refractivity contribution in [1.29, 1.82) is 5.26 Å². The van der Waals surface area contributed by atoms with Crippen LogP contribution in [0.25, 0.3) is 0 Å². The van der Waals surface area contributed by atoms with Crippen LogP contribution in [0.3, 0.4) is 0 Å². The van der Waals surface area contributed by atoms with Crippen molar-refractivity contribution < 1.29 is 10.2 Å². The number of nitriles is 1. The van der Waals surface area contributed by atoms with Crippen molar-refractivity contribution in [1.82, 2.24) is 0 Å². The molecule has 0 heterocycles. The Labute approximate surface area is 64.1 Å². The maximum atomic E-state index is 10.3. The van der Waals surface area contributed by atoms with Gasteiger partial charge in [0.15, 0.2) is 0 Å². The first-order chi connectivity index (χ1) is 5.27. The van der Waals surface area contributed by atoms with E-state index in [1.165, 1.54) is 18.2 Å². The van der Waals surface area contributed by atoms with Crippen molar-refractivity contribution in [2.45, 2.75) is 6.61 Å². The second kappa shape index (κ2) is 3.04. The molecule has 0 aliphatic rings. The molecule has 0 aliphatic heterocycles. The lowest BCUT2D eigenvalue weighted by Crippen LogP contribution is -1.82. The highest BCUT2D eigenvalue weighted by atomic mass is 16.3. The topological polar surface area (TPSA) is 63.9 Å². The molecule has 1 radical (unpaired) electrons. The van der Waals surface area contributed by atoms with Gasteiger partial charge in [0.1, 0.15) is 18.4 Å². The van der Waals surface area contributed by atoms with E-state index in [1.54, 1.807) is 6.07 Å². The van der Waals surface area contributed by atoms with E-state index < -0.39 is 0 Å². The summed E-state index contributed by atoms with van der Waals surface area (Å²) in [5.41, 5.74) is 0.684. The van der Waals surface area contributed by atoms with Crippen LogP contribution >= 0.6 is 0 Å². The van der Waals surface area contributed by atoms with Gasteiger partial charge >= 0.3 is 0 Å². The van der Waals surface area contributed by atoms with E-state index in [0.29, 0.717) is 5.56 Å². The molecule has 1 aromatic rings. The SMILES string of the molecule is N#Cc1ccc(C[O])cc1O. The van der Waals surface area contributed by atoms with Crippen molar-refractivity contribution in [2.75, 3.05) is 0 Å². The monoisotopic (exact) mass is 148 g/mol. The Bertz CT molecular complexity index is 301. The van der Waals surface area contributed by atoms with Gasteiger partial charge in [-0.3, -0.25) is 0 Å². The molecule has 0 spiro atoms. The van der Waals surface area contributed by atoms with Crippen LogP contribution in [0, 0.1) is 11.3 Å². The van der Waals surface area contributed by atoms with Gasteiger partial charge in [0, 0.05) is 0 Å². The van der Waals surface area contributed by atoms with Gasteiger partial charge in [-0.05, 0) is 17.7 Å². The molecule has 0 amide bonds. The smallest absolute Gasteiger partial charge is 0.133 e. The number of phenols is 1. The Morgan fingerprint density at radius 2 is 2.27 bits per heavy atom.